The van der Waals surface area contributed by atoms with Gasteiger partial charge in [0.25, 0.3) is 0 Å². The second-order valence-corrected chi connectivity index (χ2v) is 5.87. The van der Waals surface area contributed by atoms with E-state index in [1.807, 2.05) is 37.3 Å². The van der Waals surface area contributed by atoms with Crippen molar-refractivity contribution in [3.05, 3.63) is 75.6 Å². The minimum Gasteiger partial charge on any atom is -0.292 e. The number of rotatable bonds is 4. The van der Waals surface area contributed by atoms with E-state index in [-0.39, 0.29) is 10.8 Å². The van der Waals surface area contributed by atoms with Crippen LogP contribution in [0.1, 0.15) is 22.7 Å². The molecule has 0 amide bonds. The summed E-state index contributed by atoms with van der Waals surface area (Å²) in [5.74, 6) is -0.0909. The van der Waals surface area contributed by atoms with E-state index < -0.39 is 6.04 Å². The Balaban J connectivity index is 1.77. The number of nitro groups is 1. The minimum atomic E-state index is -0.562. The van der Waals surface area contributed by atoms with Gasteiger partial charge in [0.2, 0.25) is 6.04 Å². The quantitative estimate of drug-likeness (QED) is 0.643. The van der Waals surface area contributed by atoms with Crippen LogP contribution in [-0.4, -0.2) is 33.9 Å². The molecule has 22 heavy (non-hydrogen) atoms. The zero-order chi connectivity index (χ0) is 15.5. The zero-order valence-corrected chi connectivity index (χ0v) is 12.6. The smallest absolute Gasteiger partial charge is 0.233 e. The third kappa shape index (κ3) is 3.14. The van der Waals surface area contributed by atoms with E-state index in [1.165, 1.54) is 5.56 Å². The Bertz CT molecular complexity index is 643. The number of aromatic nitrogens is 1. The molecule has 3 rings (SSSR count). The van der Waals surface area contributed by atoms with Crippen molar-refractivity contribution in [2.75, 3.05) is 13.1 Å². The molecular formula is C17H19N3O2. The number of aryl methyl sites for hydroxylation is 1. The number of pyridine rings is 1. The predicted octanol–water partition coefficient (Wildman–Crippen LogP) is 2.63. The summed E-state index contributed by atoms with van der Waals surface area (Å²) in [5, 5.41) is 11.4. The zero-order valence-electron chi connectivity index (χ0n) is 12.6. The molecule has 0 bridgehead atoms. The van der Waals surface area contributed by atoms with Gasteiger partial charge in [0.1, 0.15) is 0 Å². The lowest BCUT2D eigenvalue weighted by molar-refractivity contribution is -0.521. The Labute approximate surface area is 129 Å². The van der Waals surface area contributed by atoms with Crippen molar-refractivity contribution >= 4 is 0 Å². The van der Waals surface area contributed by atoms with Crippen LogP contribution < -0.4 is 0 Å². The lowest BCUT2D eigenvalue weighted by Crippen LogP contribution is -2.28. The van der Waals surface area contributed by atoms with Gasteiger partial charge < -0.3 is 0 Å². The van der Waals surface area contributed by atoms with E-state index in [4.69, 9.17) is 0 Å². The van der Waals surface area contributed by atoms with Gasteiger partial charge in [-0.25, -0.2) is 0 Å². The van der Waals surface area contributed by atoms with Gasteiger partial charge in [-0.05, 0) is 24.1 Å². The van der Waals surface area contributed by atoms with Crippen molar-refractivity contribution in [2.24, 2.45) is 0 Å². The Morgan fingerprint density at radius 1 is 1.23 bits per heavy atom. The van der Waals surface area contributed by atoms with Crippen molar-refractivity contribution in [3.63, 3.8) is 0 Å². The van der Waals surface area contributed by atoms with Crippen LogP contribution in [0.5, 0.6) is 0 Å². The molecule has 0 aliphatic carbocycles. The highest BCUT2D eigenvalue weighted by molar-refractivity contribution is 5.22. The fraction of sp³-hybridized carbons (Fsp3) is 0.353. The van der Waals surface area contributed by atoms with Crippen LogP contribution in [0.2, 0.25) is 0 Å². The first-order valence-electron chi connectivity index (χ1n) is 7.46. The summed E-state index contributed by atoms with van der Waals surface area (Å²) in [6, 6.07) is 13.4. The molecule has 1 saturated heterocycles. The first-order valence-corrected chi connectivity index (χ1v) is 7.46. The van der Waals surface area contributed by atoms with E-state index in [1.54, 1.807) is 6.20 Å². The van der Waals surface area contributed by atoms with Crippen LogP contribution in [-0.2, 0) is 6.54 Å². The average molecular weight is 297 g/mol. The minimum absolute atomic E-state index is 0.0909. The van der Waals surface area contributed by atoms with Crippen molar-refractivity contribution in [2.45, 2.75) is 25.4 Å². The molecule has 0 saturated carbocycles. The number of likely N-dealkylation sites (tertiary alicyclic amines) is 1. The molecule has 0 radical (unpaired) electrons. The normalized spacial score (nSPS) is 21.9. The maximum absolute atomic E-state index is 11.4. The Morgan fingerprint density at radius 2 is 2.00 bits per heavy atom. The lowest BCUT2D eigenvalue weighted by Gasteiger charge is -2.15. The summed E-state index contributed by atoms with van der Waals surface area (Å²) < 4.78 is 0. The number of hydrogen-bond acceptors (Lipinski definition) is 4. The lowest BCUT2D eigenvalue weighted by atomic mass is 9.96. The highest BCUT2D eigenvalue weighted by atomic mass is 16.6. The molecule has 1 fully saturated rings. The molecule has 0 spiro atoms. The summed E-state index contributed by atoms with van der Waals surface area (Å²) in [5.41, 5.74) is 3.08. The van der Waals surface area contributed by atoms with E-state index in [9.17, 15) is 10.1 Å². The molecule has 0 N–H and O–H groups in total. The van der Waals surface area contributed by atoms with Crippen LogP contribution in [0.15, 0.2) is 48.7 Å². The second kappa shape index (κ2) is 6.23. The fourth-order valence-corrected chi connectivity index (χ4v) is 3.08. The maximum atomic E-state index is 11.4. The average Bonchev–Trinajstić information content (AvgIpc) is 2.93. The molecular weight excluding hydrogens is 278 g/mol. The molecule has 2 heterocycles. The molecule has 1 aliphatic rings. The standard InChI is InChI=1S/C17H19N3O2/c1-13-7-8-15(9-18-13)16-11-19(12-17(16)20(21)22)10-14-5-3-2-4-6-14/h2-9,16-17H,10-12H2,1H3/t16-,17+/m1/s1. The first kappa shape index (κ1) is 14.7. The molecule has 5 heteroatoms. The third-order valence-corrected chi connectivity index (χ3v) is 4.25. The van der Waals surface area contributed by atoms with Crippen molar-refractivity contribution in [3.8, 4) is 0 Å². The molecule has 0 unspecified atom stereocenters. The molecule has 2 atom stereocenters. The van der Waals surface area contributed by atoms with Gasteiger partial charge in [-0.2, -0.15) is 0 Å². The van der Waals surface area contributed by atoms with Gasteiger partial charge in [-0.3, -0.25) is 20.0 Å². The second-order valence-electron chi connectivity index (χ2n) is 5.87. The van der Waals surface area contributed by atoms with Gasteiger partial charge in [0, 0.05) is 29.9 Å². The number of nitrogens with zero attached hydrogens (tertiary/aromatic N) is 3. The topological polar surface area (TPSA) is 59.3 Å². The van der Waals surface area contributed by atoms with Crippen LogP contribution in [0.25, 0.3) is 0 Å². The van der Waals surface area contributed by atoms with Crippen molar-refractivity contribution in [1.29, 1.82) is 0 Å². The molecule has 2 aromatic rings. The first-order chi connectivity index (χ1) is 10.6. The third-order valence-electron chi connectivity index (χ3n) is 4.25. The van der Waals surface area contributed by atoms with E-state index in [0.717, 1.165) is 17.8 Å². The Hall–Kier alpha value is -2.27. The van der Waals surface area contributed by atoms with Crippen LogP contribution >= 0.6 is 0 Å². The van der Waals surface area contributed by atoms with Gasteiger partial charge in [0.05, 0.1) is 12.5 Å². The maximum Gasteiger partial charge on any atom is 0.233 e. The predicted molar refractivity (Wildman–Crippen MR) is 84.2 cm³/mol. The summed E-state index contributed by atoms with van der Waals surface area (Å²) >= 11 is 0. The van der Waals surface area contributed by atoms with Gasteiger partial charge in [0.15, 0.2) is 0 Å². The van der Waals surface area contributed by atoms with Crippen molar-refractivity contribution in [1.82, 2.24) is 9.88 Å². The van der Waals surface area contributed by atoms with E-state index in [2.05, 4.69) is 22.0 Å². The molecule has 1 aliphatic heterocycles. The highest BCUT2D eigenvalue weighted by Crippen LogP contribution is 2.30. The van der Waals surface area contributed by atoms with Crippen LogP contribution in [0.3, 0.4) is 0 Å². The van der Waals surface area contributed by atoms with E-state index in [0.29, 0.717) is 13.1 Å². The molecule has 1 aromatic carbocycles. The summed E-state index contributed by atoms with van der Waals surface area (Å²) in [6.07, 6.45) is 1.78. The Kier molecular flexibility index (Phi) is 4.15. The van der Waals surface area contributed by atoms with Gasteiger partial charge in [-0.1, -0.05) is 36.4 Å². The fourth-order valence-electron chi connectivity index (χ4n) is 3.08. The van der Waals surface area contributed by atoms with E-state index >= 15 is 0 Å². The monoisotopic (exact) mass is 297 g/mol. The largest absolute Gasteiger partial charge is 0.292 e. The highest BCUT2D eigenvalue weighted by Gasteiger charge is 2.41. The van der Waals surface area contributed by atoms with Crippen LogP contribution in [0, 0.1) is 17.0 Å². The van der Waals surface area contributed by atoms with Crippen molar-refractivity contribution < 1.29 is 4.92 Å². The summed E-state index contributed by atoms with van der Waals surface area (Å²) in [6.45, 7) is 3.86. The molecule has 1 aromatic heterocycles. The van der Waals surface area contributed by atoms with Crippen LogP contribution in [0.4, 0.5) is 0 Å². The SMILES string of the molecule is Cc1ccc([C@H]2CN(Cc3ccccc3)C[C@@H]2[N+](=O)[O-])cn1. The number of benzene rings is 1. The molecule has 5 nitrogen and oxygen atoms in total. The summed E-state index contributed by atoms with van der Waals surface area (Å²) in [4.78, 5) is 17.7. The Morgan fingerprint density at radius 3 is 2.64 bits per heavy atom. The molecule has 114 valence electrons. The summed E-state index contributed by atoms with van der Waals surface area (Å²) in [7, 11) is 0. The van der Waals surface area contributed by atoms with Gasteiger partial charge in [-0.15, -0.1) is 0 Å². The number of hydrogen-bond donors (Lipinski definition) is 0. The van der Waals surface area contributed by atoms with Gasteiger partial charge >= 0.3 is 0 Å².